The quantitative estimate of drug-likeness (QED) is 0.559. The highest BCUT2D eigenvalue weighted by molar-refractivity contribution is 7.99. The fourth-order valence-corrected chi connectivity index (χ4v) is 3.36. The zero-order valence-electron chi connectivity index (χ0n) is 12.4. The first-order chi connectivity index (χ1) is 9.92. The SMILES string of the molecule is COCCNCCCCSc1nnc2n1CCCCC2. The Morgan fingerprint density at radius 3 is 3.05 bits per heavy atom. The van der Waals surface area contributed by atoms with Gasteiger partial charge in [-0.05, 0) is 32.2 Å². The fourth-order valence-electron chi connectivity index (χ4n) is 2.38. The summed E-state index contributed by atoms with van der Waals surface area (Å²) >= 11 is 1.86. The van der Waals surface area contributed by atoms with E-state index in [2.05, 4.69) is 20.1 Å². The zero-order chi connectivity index (χ0) is 14.0. The molecule has 0 amide bonds. The first-order valence-electron chi connectivity index (χ1n) is 7.66. The number of nitrogens with zero attached hydrogens (tertiary/aromatic N) is 3. The molecule has 1 aliphatic rings. The lowest BCUT2D eigenvalue weighted by Gasteiger charge is -2.06. The van der Waals surface area contributed by atoms with Gasteiger partial charge in [0.1, 0.15) is 5.82 Å². The van der Waals surface area contributed by atoms with Crippen molar-refractivity contribution in [3.8, 4) is 0 Å². The standard InChI is InChI=1S/C14H26N4OS/c1-19-11-9-15-8-4-6-12-20-14-17-16-13-7-3-2-5-10-18(13)14/h15H,2-12H2,1H3. The Bertz CT molecular complexity index is 383. The molecule has 0 spiro atoms. The molecule has 1 aromatic rings. The lowest BCUT2D eigenvalue weighted by molar-refractivity contribution is 0.199. The predicted octanol–water partition coefficient (Wildman–Crippen LogP) is 2.11. The van der Waals surface area contributed by atoms with Crippen molar-refractivity contribution in [2.75, 3.05) is 32.6 Å². The monoisotopic (exact) mass is 298 g/mol. The van der Waals surface area contributed by atoms with Crippen LogP contribution in [0.2, 0.25) is 0 Å². The number of unbranched alkanes of at least 4 members (excludes halogenated alkanes) is 1. The van der Waals surface area contributed by atoms with E-state index >= 15 is 0 Å². The van der Waals surface area contributed by atoms with Crippen molar-refractivity contribution in [2.24, 2.45) is 0 Å². The van der Waals surface area contributed by atoms with Gasteiger partial charge in [-0.25, -0.2) is 0 Å². The number of aryl methyl sites for hydroxylation is 1. The molecule has 20 heavy (non-hydrogen) atoms. The predicted molar refractivity (Wildman–Crippen MR) is 82.3 cm³/mol. The van der Waals surface area contributed by atoms with Crippen LogP contribution >= 0.6 is 11.8 Å². The molecule has 0 saturated heterocycles. The topological polar surface area (TPSA) is 52.0 Å². The average Bonchev–Trinajstić information content (AvgIpc) is 2.70. The van der Waals surface area contributed by atoms with Crippen LogP contribution in [0.1, 0.15) is 37.9 Å². The number of hydrogen-bond donors (Lipinski definition) is 1. The number of rotatable bonds is 9. The Kier molecular flexibility index (Phi) is 7.39. The van der Waals surface area contributed by atoms with Crippen LogP contribution in [0.5, 0.6) is 0 Å². The summed E-state index contributed by atoms with van der Waals surface area (Å²) in [4.78, 5) is 0. The molecule has 2 rings (SSSR count). The van der Waals surface area contributed by atoms with Crippen LogP contribution in [-0.2, 0) is 17.7 Å². The third kappa shape index (κ3) is 5.07. The van der Waals surface area contributed by atoms with Crippen molar-refractivity contribution in [1.82, 2.24) is 20.1 Å². The normalized spacial score (nSPS) is 15.1. The van der Waals surface area contributed by atoms with E-state index in [4.69, 9.17) is 4.74 Å². The third-order valence-corrected chi connectivity index (χ3v) is 4.59. The second kappa shape index (κ2) is 9.37. The highest BCUT2D eigenvalue weighted by Gasteiger charge is 2.14. The highest BCUT2D eigenvalue weighted by Crippen LogP contribution is 2.22. The number of thioether (sulfide) groups is 1. The second-order valence-corrected chi connectivity index (χ2v) is 6.22. The minimum atomic E-state index is 0.792. The van der Waals surface area contributed by atoms with E-state index in [0.29, 0.717) is 0 Å². The molecule has 1 aromatic heterocycles. The summed E-state index contributed by atoms with van der Waals surface area (Å²) < 4.78 is 7.32. The van der Waals surface area contributed by atoms with Gasteiger partial charge in [-0.15, -0.1) is 10.2 Å². The molecule has 114 valence electrons. The fraction of sp³-hybridized carbons (Fsp3) is 0.857. The highest BCUT2D eigenvalue weighted by atomic mass is 32.2. The third-order valence-electron chi connectivity index (χ3n) is 3.54. The molecule has 0 aliphatic carbocycles. The van der Waals surface area contributed by atoms with Crippen LogP contribution in [0.3, 0.4) is 0 Å². The van der Waals surface area contributed by atoms with Crippen LogP contribution in [0, 0.1) is 0 Å². The van der Waals surface area contributed by atoms with Crippen LogP contribution in [0.25, 0.3) is 0 Å². The maximum atomic E-state index is 5.00. The van der Waals surface area contributed by atoms with Crippen LogP contribution in [0.15, 0.2) is 5.16 Å². The lowest BCUT2D eigenvalue weighted by atomic mass is 10.2. The van der Waals surface area contributed by atoms with E-state index in [9.17, 15) is 0 Å². The van der Waals surface area contributed by atoms with E-state index < -0.39 is 0 Å². The molecule has 0 aromatic carbocycles. The molecule has 0 atom stereocenters. The molecular weight excluding hydrogens is 272 g/mol. The number of aromatic nitrogens is 3. The van der Waals surface area contributed by atoms with E-state index in [-0.39, 0.29) is 0 Å². The molecule has 0 saturated carbocycles. The summed E-state index contributed by atoms with van der Waals surface area (Å²) in [5, 5.41) is 13.2. The van der Waals surface area contributed by atoms with Gasteiger partial charge in [0.2, 0.25) is 0 Å². The maximum absolute atomic E-state index is 5.00. The Labute approximate surface area is 125 Å². The summed E-state index contributed by atoms with van der Waals surface area (Å²) in [6.07, 6.45) is 7.36. The summed E-state index contributed by atoms with van der Waals surface area (Å²) in [5.41, 5.74) is 0. The summed E-state index contributed by atoms with van der Waals surface area (Å²) in [5.74, 6) is 2.32. The van der Waals surface area contributed by atoms with Crippen molar-refractivity contribution in [2.45, 2.75) is 50.2 Å². The molecule has 0 bridgehead atoms. The number of fused-ring (bicyclic) bond motifs is 1. The molecular formula is C14H26N4OS. The Morgan fingerprint density at radius 2 is 2.15 bits per heavy atom. The van der Waals surface area contributed by atoms with E-state index in [1.807, 2.05) is 11.8 Å². The molecule has 0 radical (unpaired) electrons. The molecule has 0 unspecified atom stereocenters. The Balaban J connectivity index is 1.61. The minimum Gasteiger partial charge on any atom is -0.383 e. The van der Waals surface area contributed by atoms with Crippen molar-refractivity contribution in [3.63, 3.8) is 0 Å². The van der Waals surface area contributed by atoms with Gasteiger partial charge < -0.3 is 14.6 Å². The van der Waals surface area contributed by atoms with Gasteiger partial charge in [-0.3, -0.25) is 0 Å². The van der Waals surface area contributed by atoms with E-state index in [1.54, 1.807) is 7.11 Å². The molecule has 5 nitrogen and oxygen atoms in total. The number of methoxy groups -OCH3 is 1. The summed E-state index contributed by atoms with van der Waals surface area (Å²) in [7, 11) is 1.74. The Morgan fingerprint density at radius 1 is 1.20 bits per heavy atom. The molecule has 6 heteroatoms. The molecule has 0 fully saturated rings. The van der Waals surface area contributed by atoms with E-state index in [0.717, 1.165) is 43.6 Å². The maximum Gasteiger partial charge on any atom is 0.191 e. The number of ether oxygens (including phenoxy) is 1. The van der Waals surface area contributed by atoms with Gasteiger partial charge in [0.05, 0.1) is 6.61 Å². The van der Waals surface area contributed by atoms with Crippen LogP contribution in [-0.4, -0.2) is 47.3 Å². The first kappa shape index (κ1) is 15.8. The van der Waals surface area contributed by atoms with Crippen molar-refractivity contribution >= 4 is 11.8 Å². The second-order valence-electron chi connectivity index (χ2n) is 5.16. The largest absolute Gasteiger partial charge is 0.383 e. The van der Waals surface area contributed by atoms with Gasteiger partial charge in [0, 0.05) is 32.4 Å². The van der Waals surface area contributed by atoms with E-state index in [1.165, 1.54) is 37.9 Å². The zero-order valence-corrected chi connectivity index (χ0v) is 13.3. The van der Waals surface area contributed by atoms with Crippen molar-refractivity contribution in [3.05, 3.63) is 5.82 Å². The minimum absolute atomic E-state index is 0.792. The van der Waals surface area contributed by atoms with Gasteiger partial charge in [0.15, 0.2) is 5.16 Å². The van der Waals surface area contributed by atoms with Gasteiger partial charge >= 0.3 is 0 Å². The molecule has 1 N–H and O–H groups in total. The lowest BCUT2D eigenvalue weighted by Crippen LogP contribution is -2.20. The van der Waals surface area contributed by atoms with Crippen molar-refractivity contribution in [1.29, 1.82) is 0 Å². The van der Waals surface area contributed by atoms with Gasteiger partial charge in [-0.1, -0.05) is 18.2 Å². The number of nitrogens with one attached hydrogen (secondary N) is 1. The molecule has 2 heterocycles. The van der Waals surface area contributed by atoms with Crippen LogP contribution in [0.4, 0.5) is 0 Å². The smallest absolute Gasteiger partial charge is 0.191 e. The van der Waals surface area contributed by atoms with Gasteiger partial charge in [-0.2, -0.15) is 0 Å². The van der Waals surface area contributed by atoms with Crippen LogP contribution < -0.4 is 5.32 Å². The van der Waals surface area contributed by atoms with Crippen molar-refractivity contribution < 1.29 is 4.74 Å². The van der Waals surface area contributed by atoms with Gasteiger partial charge in [0.25, 0.3) is 0 Å². The first-order valence-corrected chi connectivity index (χ1v) is 8.65. The summed E-state index contributed by atoms with van der Waals surface area (Å²) in [6, 6.07) is 0. The Hall–Kier alpha value is -0.590. The average molecular weight is 298 g/mol. The molecule has 1 aliphatic heterocycles. The summed E-state index contributed by atoms with van der Waals surface area (Å²) in [6.45, 7) is 3.91. The number of hydrogen-bond acceptors (Lipinski definition) is 5.